The first-order valence-electron chi connectivity index (χ1n) is 9.06. The molecule has 0 bridgehead atoms. The summed E-state index contributed by atoms with van der Waals surface area (Å²) in [5.41, 5.74) is 6.38. The maximum atomic E-state index is 13.0. The molecule has 2 fully saturated rings. The van der Waals surface area contributed by atoms with Gasteiger partial charge >= 0.3 is 0 Å². The molecule has 1 unspecified atom stereocenters. The summed E-state index contributed by atoms with van der Waals surface area (Å²) in [6.45, 7) is 2.94. The van der Waals surface area contributed by atoms with E-state index >= 15 is 0 Å². The lowest BCUT2D eigenvalue weighted by Crippen LogP contribution is -2.53. The van der Waals surface area contributed by atoms with Gasteiger partial charge in [-0.05, 0) is 49.3 Å². The Kier molecular flexibility index (Phi) is 7.74. The number of amides is 1. The third-order valence-corrected chi connectivity index (χ3v) is 6.03. The van der Waals surface area contributed by atoms with Gasteiger partial charge in [0.2, 0.25) is 5.91 Å². The summed E-state index contributed by atoms with van der Waals surface area (Å²) in [5, 5.41) is 11.3. The van der Waals surface area contributed by atoms with Gasteiger partial charge < -0.3 is 20.5 Å². The molecule has 2 aliphatic heterocycles. The average molecular weight is 403 g/mol. The Bertz CT molecular complexity index is 583. The largest absolute Gasteiger partial charge is 0.388 e. The molecule has 26 heavy (non-hydrogen) atoms. The number of halogens is 2. The molecule has 0 radical (unpaired) electrons. The number of aliphatic hydroxyl groups excluding tert-OH is 1. The quantitative estimate of drug-likeness (QED) is 0.811. The van der Waals surface area contributed by atoms with E-state index in [1.807, 2.05) is 17.0 Å². The smallest absolute Gasteiger partial charge is 0.230 e. The predicted molar refractivity (Wildman–Crippen MR) is 105 cm³/mol. The van der Waals surface area contributed by atoms with Crippen molar-refractivity contribution in [2.75, 3.05) is 32.8 Å². The van der Waals surface area contributed by atoms with E-state index in [-0.39, 0.29) is 24.2 Å². The average Bonchev–Trinajstić information content (AvgIpc) is 2.68. The van der Waals surface area contributed by atoms with Crippen molar-refractivity contribution in [2.45, 2.75) is 31.8 Å². The summed E-state index contributed by atoms with van der Waals surface area (Å²) >= 11 is 5.91. The Labute approximate surface area is 166 Å². The zero-order valence-corrected chi connectivity index (χ0v) is 16.5. The van der Waals surface area contributed by atoms with Crippen LogP contribution in [0, 0.1) is 11.3 Å². The van der Waals surface area contributed by atoms with Crippen molar-refractivity contribution >= 4 is 29.9 Å². The Hall–Kier alpha value is -0.850. The van der Waals surface area contributed by atoms with Crippen molar-refractivity contribution in [2.24, 2.45) is 17.1 Å². The van der Waals surface area contributed by atoms with Crippen LogP contribution in [0.15, 0.2) is 24.3 Å². The topological polar surface area (TPSA) is 75.8 Å². The van der Waals surface area contributed by atoms with E-state index in [0.29, 0.717) is 50.7 Å². The van der Waals surface area contributed by atoms with Crippen molar-refractivity contribution in [3.8, 4) is 0 Å². The van der Waals surface area contributed by atoms with Crippen LogP contribution in [0.2, 0.25) is 5.02 Å². The van der Waals surface area contributed by atoms with Crippen molar-refractivity contribution in [3.63, 3.8) is 0 Å². The number of nitrogens with zero attached hydrogens (tertiary/aromatic N) is 1. The van der Waals surface area contributed by atoms with Crippen molar-refractivity contribution in [1.82, 2.24) is 4.90 Å². The van der Waals surface area contributed by atoms with Crippen LogP contribution < -0.4 is 5.73 Å². The highest BCUT2D eigenvalue weighted by molar-refractivity contribution is 6.30. The monoisotopic (exact) mass is 402 g/mol. The van der Waals surface area contributed by atoms with E-state index in [1.165, 1.54) is 0 Å². The highest BCUT2D eigenvalue weighted by Gasteiger charge is 2.42. The Balaban J connectivity index is 0.00000243. The second-order valence-electron chi connectivity index (χ2n) is 7.22. The summed E-state index contributed by atoms with van der Waals surface area (Å²) in [4.78, 5) is 14.9. The van der Waals surface area contributed by atoms with Crippen molar-refractivity contribution < 1.29 is 14.6 Å². The second kappa shape index (κ2) is 9.38. The van der Waals surface area contributed by atoms with E-state index in [0.717, 1.165) is 18.4 Å². The number of benzene rings is 1. The van der Waals surface area contributed by atoms with Crippen LogP contribution in [-0.2, 0) is 9.53 Å². The summed E-state index contributed by atoms with van der Waals surface area (Å²) in [7, 11) is 0. The van der Waals surface area contributed by atoms with Crippen LogP contribution in [0.25, 0.3) is 0 Å². The van der Waals surface area contributed by atoms with Crippen molar-refractivity contribution in [1.29, 1.82) is 0 Å². The number of carbonyl (C=O) groups is 1. The van der Waals surface area contributed by atoms with Gasteiger partial charge in [-0.2, -0.15) is 0 Å². The fraction of sp³-hybridized carbons (Fsp3) is 0.632. The highest BCUT2D eigenvalue weighted by atomic mass is 35.5. The van der Waals surface area contributed by atoms with Crippen LogP contribution in [0.5, 0.6) is 0 Å². The van der Waals surface area contributed by atoms with Gasteiger partial charge in [0.1, 0.15) is 0 Å². The van der Waals surface area contributed by atoms with E-state index < -0.39 is 11.5 Å². The number of hydrogen-bond donors (Lipinski definition) is 2. The van der Waals surface area contributed by atoms with Crippen LogP contribution in [-0.4, -0.2) is 48.8 Å². The van der Waals surface area contributed by atoms with Crippen LogP contribution in [0.4, 0.5) is 0 Å². The molecular weight excluding hydrogens is 375 g/mol. The molecule has 3 N–H and O–H groups in total. The SMILES string of the molecule is Cl.NCC1(C(=O)N2CCC(C(O)c3ccc(Cl)cc3)CC2)CCOCC1. The van der Waals surface area contributed by atoms with Gasteiger partial charge in [-0.3, -0.25) is 4.79 Å². The minimum absolute atomic E-state index is 0. The number of ether oxygens (including phenoxy) is 1. The standard InChI is InChI=1S/C19H27ClN2O3.ClH/c20-16-3-1-14(2-4-16)17(23)15-5-9-22(10-6-15)18(24)19(13-21)7-11-25-12-8-19;/h1-4,15,17,23H,5-13,21H2;1H. The van der Waals surface area contributed by atoms with Gasteiger partial charge in [0.25, 0.3) is 0 Å². The predicted octanol–water partition coefficient (Wildman–Crippen LogP) is 2.79. The molecule has 2 aliphatic rings. The molecule has 0 saturated carbocycles. The van der Waals surface area contributed by atoms with Crippen LogP contribution in [0.1, 0.15) is 37.4 Å². The normalized spacial score (nSPS) is 21.7. The molecule has 0 aromatic heterocycles. The van der Waals surface area contributed by atoms with Crippen molar-refractivity contribution in [3.05, 3.63) is 34.9 Å². The van der Waals surface area contributed by atoms with Gasteiger partial charge in [-0.1, -0.05) is 23.7 Å². The fourth-order valence-electron chi connectivity index (χ4n) is 3.95. The zero-order valence-electron chi connectivity index (χ0n) is 14.9. The van der Waals surface area contributed by atoms with Gasteiger partial charge in [0.15, 0.2) is 0 Å². The summed E-state index contributed by atoms with van der Waals surface area (Å²) in [6, 6.07) is 7.34. The van der Waals surface area contributed by atoms with Crippen LogP contribution in [0.3, 0.4) is 0 Å². The summed E-state index contributed by atoms with van der Waals surface area (Å²) in [6.07, 6.45) is 2.49. The molecule has 2 heterocycles. The molecule has 0 spiro atoms. The molecule has 5 nitrogen and oxygen atoms in total. The van der Waals surface area contributed by atoms with Gasteiger partial charge in [0, 0.05) is 37.9 Å². The minimum atomic E-state index is -0.513. The number of likely N-dealkylation sites (tertiary alicyclic amines) is 1. The molecule has 2 saturated heterocycles. The third kappa shape index (κ3) is 4.52. The van der Waals surface area contributed by atoms with E-state index in [2.05, 4.69) is 0 Å². The number of carbonyl (C=O) groups excluding carboxylic acids is 1. The lowest BCUT2D eigenvalue weighted by molar-refractivity contribution is -0.149. The Morgan fingerprint density at radius 1 is 1.27 bits per heavy atom. The van der Waals surface area contributed by atoms with Gasteiger partial charge in [-0.25, -0.2) is 0 Å². The number of nitrogens with two attached hydrogens (primary N) is 1. The lowest BCUT2D eigenvalue weighted by Gasteiger charge is -2.42. The van der Waals surface area contributed by atoms with Crippen LogP contribution >= 0.6 is 24.0 Å². The molecule has 3 rings (SSSR count). The zero-order chi connectivity index (χ0) is 17.9. The molecule has 146 valence electrons. The van der Waals surface area contributed by atoms with Gasteiger partial charge in [-0.15, -0.1) is 12.4 Å². The number of piperidine rings is 1. The highest BCUT2D eigenvalue weighted by Crippen LogP contribution is 2.35. The number of aliphatic hydroxyl groups is 1. The molecule has 1 aromatic carbocycles. The molecule has 7 heteroatoms. The lowest BCUT2D eigenvalue weighted by atomic mass is 9.78. The number of hydrogen-bond acceptors (Lipinski definition) is 4. The number of rotatable bonds is 4. The van der Waals surface area contributed by atoms with E-state index in [9.17, 15) is 9.90 Å². The molecular formula is C19H28Cl2N2O3. The first kappa shape index (κ1) is 21.5. The molecule has 1 aromatic rings. The minimum Gasteiger partial charge on any atom is -0.388 e. The van der Waals surface area contributed by atoms with Gasteiger partial charge in [0.05, 0.1) is 11.5 Å². The summed E-state index contributed by atoms with van der Waals surface area (Å²) in [5.74, 6) is 0.325. The maximum Gasteiger partial charge on any atom is 0.230 e. The first-order valence-corrected chi connectivity index (χ1v) is 9.44. The van der Waals surface area contributed by atoms with E-state index in [1.54, 1.807) is 12.1 Å². The third-order valence-electron chi connectivity index (χ3n) is 5.78. The first-order chi connectivity index (χ1) is 12.1. The maximum absolute atomic E-state index is 13.0. The summed E-state index contributed by atoms with van der Waals surface area (Å²) < 4.78 is 5.40. The fourth-order valence-corrected chi connectivity index (χ4v) is 4.08. The second-order valence-corrected chi connectivity index (χ2v) is 7.66. The molecule has 1 atom stereocenters. The Morgan fingerprint density at radius 2 is 1.85 bits per heavy atom. The Morgan fingerprint density at radius 3 is 2.38 bits per heavy atom. The molecule has 1 amide bonds. The van der Waals surface area contributed by atoms with E-state index in [4.69, 9.17) is 22.1 Å². The molecule has 0 aliphatic carbocycles.